The number of phenolic OH excluding ortho intramolecular Hbond substituents is 1. The number of rotatable bonds is 2. The molecule has 2 nitrogen and oxygen atoms in total. The van der Waals surface area contributed by atoms with Crippen molar-refractivity contribution in [2.45, 2.75) is 25.9 Å². The number of phenols is 1. The quantitative estimate of drug-likeness (QED) is 0.740. The molecule has 3 aromatic rings. The molecule has 0 fully saturated rings. The number of hydrogen-bond donors (Lipinski definition) is 1. The van der Waals surface area contributed by atoms with E-state index in [0.717, 1.165) is 30.5 Å². The summed E-state index contributed by atoms with van der Waals surface area (Å²) in [6.07, 6.45) is 1.11. The molecule has 0 aliphatic carbocycles. The molecule has 1 N–H and O–H groups in total. The second kappa shape index (κ2) is 5.41. The highest BCUT2D eigenvalue weighted by Gasteiger charge is 2.25. The summed E-state index contributed by atoms with van der Waals surface area (Å²) in [6, 6.07) is 14.8. The van der Waals surface area contributed by atoms with Gasteiger partial charge in [0.1, 0.15) is 5.75 Å². The van der Waals surface area contributed by atoms with Crippen LogP contribution >= 0.6 is 11.3 Å². The van der Waals surface area contributed by atoms with E-state index >= 15 is 0 Å². The van der Waals surface area contributed by atoms with E-state index in [1.54, 1.807) is 0 Å². The third-order valence-corrected chi connectivity index (χ3v) is 5.78. The van der Waals surface area contributed by atoms with Crippen LogP contribution in [-0.4, -0.2) is 16.6 Å². The van der Waals surface area contributed by atoms with Crippen molar-refractivity contribution in [3.63, 3.8) is 0 Å². The lowest BCUT2D eigenvalue weighted by Gasteiger charge is -2.34. The minimum absolute atomic E-state index is 0.405. The Bertz CT molecular complexity index is 823. The molecular formula is C19H19NOS. The fraction of sp³-hybridized carbons (Fsp3) is 0.263. The molecule has 1 aliphatic heterocycles. The summed E-state index contributed by atoms with van der Waals surface area (Å²) in [4.78, 5) is 3.99. The minimum Gasteiger partial charge on any atom is -0.508 e. The Hall–Kier alpha value is -1.84. The Morgan fingerprint density at radius 2 is 2.05 bits per heavy atom. The molecule has 3 heteroatoms. The fourth-order valence-corrected chi connectivity index (χ4v) is 4.43. The molecule has 0 radical (unpaired) electrons. The number of fused-ring (bicyclic) bond motifs is 2. The Labute approximate surface area is 134 Å². The third kappa shape index (κ3) is 2.21. The standard InChI is InChI=1S/C19H19NOS/c1-13-15-9-11-22-19(15)8-10-20(13)12-17-16-5-3-2-4-14(16)6-7-18(17)21/h2-7,9,11,13,21H,8,10,12H2,1H3/t13-/m0/s1. The predicted molar refractivity (Wildman–Crippen MR) is 92.5 cm³/mol. The number of thiophene rings is 1. The molecule has 2 aromatic carbocycles. The van der Waals surface area contributed by atoms with E-state index < -0.39 is 0 Å². The van der Waals surface area contributed by atoms with Gasteiger partial charge in [-0.2, -0.15) is 0 Å². The first-order valence-electron chi connectivity index (χ1n) is 7.74. The lowest BCUT2D eigenvalue weighted by molar-refractivity contribution is 0.190. The molecule has 112 valence electrons. The Kier molecular flexibility index (Phi) is 3.40. The summed E-state index contributed by atoms with van der Waals surface area (Å²) in [6.45, 7) is 4.12. The first-order chi connectivity index (χ1) is 10.7. The van der Waals surface area contributed by atoms with E-state index in [2.05, 4.69) is 35.4 Å². The highest BCUT2D eigenvalue weighted by atomic mass is 32.1. The number of nitrogens with zero attached hydrogens (tertiary/aromatic N) is 1. The van der Waals surface area contributed by atoms with Crippen LogP contribution in [0.15, 0.2) is 47.8 Å². The van der Waals surface area contributed by atoms with Crippen molar-refractivity contribution in [1.82, 2.24) is 4.90 Å². The van der Waals surface area contributed by atoms with Gasteiger partial charge in [0.25, 0.3) is 0 Å². The smallest absolute Gasteiger partial charge is 0.120 e. The highest BCUT2D eigenvalue weighted by Crippen LogP contribution is 2.36. The van der Waals surface area contributed by atoms with Gasteiger partial charge in [0, 0.05) is 29.6 Å². The second-order valence-corrected chi connectivity index (χ2v) is 6.98. The predicted octanol–water partition coefficient (Wildman–Crippen LogP) is 4.73. The van der Waals surface area contributed by atoms with Crippen LogP contribution in [0.3, 0.4) is 0 Å². The van der Waals surface area contributed by atoms with E-state index in [-0.39, 0.29) is 0 Å². The van der Waals surface area contributed by atoms with Crippen LogP contribution in [-0.2, 0) is 13.0 Å². The van der Waals surface area contributed by atoms with Crippen molar-refractivity contribution in [2.24, 2.45) is 0 Å². The van der Waals surface area contributed by atoms with Crippen molar-refractivity contribution in [2.75, 3.05) is 6.54 Å². The molecule has 4 rings (SSSR count). The van der Waals surface area contributed by atoms with Gasteiger partial charge < -0.3 is 5.11 Å². The largest absolute Gasteiger partial charge is 0.508 e. The lowest BCUT2D eigenvalue weighted by atomic mass is 9.98. The molecule has 2 heterocycles. The first kappa shape index (κ1) is 13.8. The Balaban J connectivity index is 1.71. The normalized spacial score (nSPS) is 18.5. The maximum atomic E-state index is 10.4. The topological polar surface area (TPSA) is 23.5 Å². The minimum atomic E-state index is 0.405. The molecule has 0 bridgehead atoms. The maximum absolute atomic E-state index is 10.4. The van der Waals surface area contributed by atoms with Crippen molar-refractivity contribution >= 4 is 22.1 Å². The molecule has 0 saturated heterocycles. The summed E-state index contributed by atoms with van der Waals surface area (Å²) in [5.41, 5.74) is 2.50. The van der Waals surface area contributed by atoms with Crippen LogP contribution in [0, 0.1) is 0 Å². The first-order valence-corrected chi connectivity index (χ1v) is 8.62. The van der Waals surface area contributed by atoms with Crippen LogP contribution < -0.4 is 0 Å². The highest BCUT2D eigenvalue weighted by molar-refractivity contribution is 7.10. The monoisotopic (exact) mass is 309 g/mol. The molecule has 0 amide bonds. The maximum Gasteiger partial charge on any atom is 0.120 e. The van der Waals surface area contributed by atoms with Crippen molar-refractivity contribution in [3.8, 4) is 5.75 Å². The molecule has 0 spiro atoms. The van der Waals surface area contributed by atoms with E-state index in [9.17, 15) is 5.11 Å². The fourth-order valence-electron chi connectivity index (χ4n) is 3.47. The third-order valence-electron chi connectivity index (χ3n) is 4.78. The zero-order valence-corrected chi connectivity index (χ0v) is 13.4. The van der Waals surface area contributed by atoms with Gasteiger partial charge in [0.2, 0.25) is 0 Å². The summed E-state index contributed by atoms with van der Waals surface area (Å²) < 4.78 is 0. The second-order valence-electron chi connectivity index (χ2n) is 5.98. The van der Waals surface area contributed by atoms with Gasteiger partial charge >= 0.3 is 0 Å². The molecule has 22 heavy (non-hydrogen) atoms. The van der Waals surface area contributed by atoms with Crippen molar-refractivity contribution < 1.29 is 5.11 Å². The van der Waals surface area contributed by atoms with Crippen LogP contribution in [0.4, 0.5) is 0 Å². The van der Waals surface area contributed by atoms with Gasteiger partial charge in [-0.15, -0.1) is 11.3 Å². The number of hydrogen-bond acceptors (Lipinski definition) is 3. The summed E-state index contributed by atoms with van der Waals surface area (Å²) in [5.74, 6) is 0.405. The van der Waals surface area contributed by atoms with Gasteiger partial charge in [0.05, 0.1) is 0 Å². The van der Waals surface area contributed by atoms with Gasteiger partial charge in [-0.1, -0.05) is 30.3 Å². The van der Waals surface area contributed by atoms with Crippen LogP contribution in [0.5, 0.6) is 5.75 Å². The number of benzene rings is 2. The van der Waals surface area contributed by atoms with Crippen LogP contribution in [0.25, 0.3) is 10.8 Å². The molecule has 1 aromatic heterocycles. The Morgan fingerprint density at radius 1 is 1.18 bits per heavy atom. The van der Waals surface area contributed by atoms with Crippen LogP contribution in [0.2, 0.25) is 0 Å². The number of aromatic hydroxyl groups is 1. The van der Waals surface area contributed by atoms with Crippen molar-refractivity contribution in [3.05, 3.63) is 63.8 Å². The molecule has 1 aliphatic rings. The average Bonchev–Trinajstić information content (AvgIpc) is 3.02. The van der Waals surface area contributed by atoms with Crippen molar-refractivity contribution in [1.29, 1.82) is 0 Å². The van der Waals surface area contributed by atoms with Gasteiger partial charge in [-0.05, 0) is 47.2 Å². The van der Waals surface area contributed by atoms with Gasteiger partial charge in [-0.3, -0.25) is 4.90 Å². The SMILES string of the molecule is C[C@H]1c2ccsc2CCN1Cc1c(O)ccc2ccccc12. The molecular weight excluding hydrogens is 290 g/mol. The molecule has 0 unspecified atom stereocenters. The zero-order valence-electron chi connectivity index (χ0n) is 12.6. The van der Waals surface area contributed by atoms with E-state index in [4.69, 9.17) is 0 Å². The van der Waals surface area contributed by atoms with E-state index in [1.165, 1.54) is 15.8 Å². The lowest BCUT2D eigenvalue weighted by Crippen LogP contribution is -2.32. The average molecular weight is 309 g/mol. The molecule has 1 atom stereocenters. The van der Waals surface area contributed by atoms with Crippen LogP contribution in [0.1, 0.15) is 29.0 Å². The molecule has 0 saturated carbocycles. The van der Waals surface area contributed by atoms with Gasteiger partial charge in [0.15, 0.2) is 0 Å². The summed E-state index contributed by atoms with van der Waals surface area (Å²) >= 11 is 1.87. The zero-order chi connectivity index (χ0) is 15.1. The summed E-state index contributed by atoms with van der Waals surface area (Å²) in [7, 11) is 0. The van der Waals surface area contributed by atoms with E-state index in [1.807, 2.05) is 35.6 Å². The van der Waals surface area contributed by atoms with E-state index in [0.29, 0.717) is 11.8 Å². The van der Waals surface area contributed by atoms with Gasteiger partial charge in [-0.25, -0.2) is 0 Å². The Morgan fingerprint density at radius 3 is 2.95 bits per heavy atom. The summed E-state index contributed by atoms with van der Waals surface area (Å²) in [5, 5.41) is 14.9.